The lowest BCUT2D eigenvalue weighted by Gasteiger charge is -2.11. The predicted molar refractivity (Wildman–Crippen MR) is 60.7 cm³/mol. The van der Waals surface area contributed by atoms with Gasteiger partial charge in [0, 0.05) is 11.8 Å². The average Bonchev–Trinajstić information content (AvgIpc) is 2.17. The van der Waals surface area contributed by atoms with Crippen molar-refractivity contribution in [3.8, 4) is 0 Å². The van der Waals surface area contributed by atoms with Gasteiger partial charge >= 0.3 is 0 Å². The van der Waals surface area contributed by atoms with E-state index in [9.17, 15) is 17.9 Å². The summed E-state index contributed by atoms with van der Waals surface area (Å²) in [6.45, 7) is 0. The molecule has 0 saturated carbocycles. The largest absolute Gasteiger partial charge is 0.388 e. The highest BCUT2D eigenvalue weighted by Gasteiger charge is 2.16. The van der Waals surface area contributed by atoms with Crippen molar-refractivity contribution >= 4 is 21.4 Å². The SMILES string of the molecule is CS(=O)(=O)CCC(O)c1cccc(Cl)c1F. The van der Waals surface area contributed by atoms with E-state index in [4.69, 9.17) is 11.6 Å². The van der Waals surface area contributed by atoms with E-state index in [0.717, 1.165) is 6.26 Å². The van der Waals surface area contributed by atoms with Crippen molar-refractivity contribution in [2.75, 3.05) is 12.0 Å². The van der Waals surface area contributed by atoms with Crippen LogP contribution in [0.15, 0.2) is 18.2 Å². The Kier molecular flexibility index (Phi) is 4.29. The van der Waals surface area contributed by atoms with Crippen molar-refractivity contribution in [1.82, 2.24) is 0 Å². The summed E-state index contributed by atoms with van der Waals surface area (Å²) in [6, 6.07) is 4.25. The smallest absolute Gasteiger partial charge is 0.147 e. The minimum Gasteiger partial charge on any atom is -0.388 e. The Labute approximate surface area is 98.8 Å². The van der Waals surface area contributed by atoms with E-state index in [2.05, 4.69) is 0 Å². The van der Waals surface area contributed by atoms with Crippen LogP contribution in [0.1, 0.15) is 18.1 Å². The lowest BCUT2D eigenvalue weighted by atomic mass is 10.1. The normalized spacial score (nSPS) is 13.8. The molecule has 0 aliphatic heterocycles. The van der Waals surface area contributed by atoms with E-state index >= 15 is 0 Å². The molecule has 0 heterocycles. The molecule has 1 aromatic carbocycles. The molecule has 0 amide bonds. The Morgan fingerprint density at radius 1 is 1.50 bits per heavy atom. The van der Waals surface area contributed by atoms with Crippen molar-refractivity contribution in [1.29, 1.82) is 0 Å². The molecular weight excluding hydrogens is 255 g/mol. The third-order valence-electron chi connectivity index (χ3n) is 2.10. The molecule has 0 aromatic heterocycles. The van der Waals surface area contributed by atoms with Crippen LogP contribution in [0.3, 0.4) is 0 Å². The van der Waals surface area contributed by atoms with Crippen molar-refractivity contribution in [3.05, 3.63) is 34.6 Å². The van der Waals surface area contributed by atoms with Crippen LogP contribution in [0, 0.1) is 5.82 Å². The van der Waals surface area contributed by atoms with Crippen LogP contribution in [-0.2, 0) is 9.84 Å². The van der Waals surface area contributed by atoms with Crippen LogP contribution in [0.25, 0.3) is 0 Å². The molecule has 0 radical (unpaired) electrons. The van der Waals surface area contributed by atoms with Gasteiger partial charge in [-0.2, -0.15) is 0 Å². The summed E-state index contributed by atoms with van der Waals surface area (Å²) in [7, 11) is -3.17. The Balaban J connectivity index is 2.81. The first kappa shape index (κ1) is 13.4. The second kappa shape index (κ2) is 5.12. The maximum atomic E-state index is 13.4. The zero-order valence-electron chi connectivity index (χ0n) is 8.65. The molecular formula is C10H12ClFO3S. The van der Waals surface area contributed by atoms with Gasteiger partial charge in [0.1, 0.15) is 15.7 Å². The molecule has 90 valence electrons. The van der Waals surface area contributed by atoms with Crippen molar-refractivity contribution in [3.63, 3.8) is 0 Å². The monoisotopic (exact) mass is 266 g/mol. The number of sulfone groups is 1. The maximum absolute atomic E-state index is 13.4. The lowest BCUT2D eigenvalue weighted by Crippen LogP contribution is -2.09. The molecule has 1 rings (SSSR count). The van der Waals surface area contributed by atoms with Gasteiger partial charge in [0.2, 0.25) is 0 Å². The van der Waals surface area contributed by atoms with Crippen LogP contribution < -0.4 is 0 Å². The van der Waals surface area contributed by atoms with Crippen LogP contribution in [-0.4, -0.2) is 25.5 Å². The lowest BCUT2D eigenvalue weighted by molar-refractivity contribution is 0.169. The third-order valence-corrected chi connectivity index (χ3v) is 3.37. The van der Waals surface area contributed by atoms with Gasteiger partial charge in [-0.3, -0.25) is 0 Å². The fourth-order valence-electron chi connectivity index (χ4n) is 1.26. The third kappa shape index (κ3) is 3.73. The first-order valence-electron chi connectivity index (χ1n) is 4.61. The zero-order valence-corrected chi connectivity index (χ0v) is 10.2. The summed E-state index contributed by atoms with van der Waals surface area (Å²) < 4.78 is 35.2. The van der Waals surface area contributed by atoms with Gasteiger partial charge in [0.05, 0.1) is 16.9 Å². The fraction of sp³-hybridized carbons (Fsp3) is 0.400. The van der Waals surface area contributed by atoms with E-state index in [1.54, 1.807) is 0 Å². The molecule has 16 heavy (non-hydrogen) atoms. The quantitative estimate of drug-likeness (QED) is 0.906. The standard InChI is InChI=1S/C10H12ClFO3S/c1-16(14,15)6-5-9(13)7-3-2-4-8(11)10(7)12/h2-4,9,13H,5-6H2,1H3. The van der Waals surface area contributed by atoms with Crippen LogP contribution in [0.2, 0.25) is 5.02 Å². The van der Waals surface area contributed by atoms with Gasteiger partial charge in [-0.05, 0) is 12.5 Å². The summed E-state index contributed by atoms with van der Waals surface area (Å²) in [4.78, 5) is 0. The number of hydrogen-bond acceptors (Lipinski definition) is 3. The Hall–Kier alpha value is -0.650. The Morgan fingerprint density at radius 2 is 2.12 bits per heavy atom. The first-order chi connectivity index (χ1) is 7.31. The van der Waals surface area contributed by atoms with E-state index in [-0.39, 0.29) is 22.8 Å². The van der Waals surface area contributed by atoms with Gasteiger partial charge in [-0.1, -0.05) is 23.7 Å². The number of aliphatic hydroxyl groups excluding tert-OH is 1. The molecule has 0 aliphatic rings. The number of benzene rings is 1. The summed E-state index contributed by atoms with van der Waals surface area (Å²) in [6.07, 6.45) is -0.141. The summed E-state index contributed by atoms with van der Waals surface area (Å²) in [5.74, 6) is -0.898. The molecule has 0 fully saturated rings. The van der Waals surface area contributed by atoms with Crippen molar-refractivity contribution < 1.29 is 17.9 Å². The highest BCUT2D eigenvalue weighted by Crippen LogP contribution is 2.25. The second-order valence-corrected chi connectivity index (χ2v) is 6.24. The van der Waals surface area contributed by atoms with Gasteiger partial charge in [-0.15, -0.1) is 0 Å². The molecule has 1 N–H and O–H groups in total. The minimum absolute atomic E-state index is 0.0242. The molecule has 0 saturated heterocycles. The molecule has 0 bridgehead atoms. The minimum atomic E-state index is -3.17. The number of halogens is 2. The first-order valence-corrected chi connectivity index (χ1v) is 7.05. The van der Waals surface area contributed by atoms with E-state index < -0.39 is 21.8 Å². The molecule has 0 aliphatic carbocycles. The summed E-state index contributed by atoms with van der Waals surface area (Å²) >= 11 is 5.54. The Bertz CT molecular complexity index is 473. The topological polar surface area (TPSA) is 54.4 Å². The number of rotatable bonds is 4. The number of hydrogen-bond donors (Lipinski definition) is 1. The van der Waals surface area contributed by atoms with Gasteiger partial charge in [-0.25, -0.2) is 12.8 Å². The van der Waals surface area contributed by atoms with E-state index in [0.29, 0.717) is 0 Å². The molecule has 1 atom stereocenters. The highest BCUT2D eigenvalue weighted by molar-refractivity contribution is 7.90. The van der Waals surface area contributed by atoms with Crippen LogP contribution in [0.5, 0.6) is 0 Å². The molecule has 0 spiro atoms. The zero-order chi connectivity index (χ0) is 12.3. The van der Waals surface area contributed by atoms with Crippen molar-refractivity contribution in [2.45, 2.75) is 12.5 Å². The molecule has 1 aromatic rings. The summed E-state index contributed by atoms with van der Waals surface area (Å²) in [5.41, 5.74) is 0.0242. The molecule has 3 nitrogen and oxygen atoms in total. The van der Waals surface area contributed by atoms with E-state index in [1.807, 2.05) is 0 Å². The van der Waals surface area contributed by atoms with E-state index in [1.165, 1.54) is 18.2 Å². The summed E-state index contributed by atoms with van der Waals surface area (Å²) in [5, 5.41) is 9.54. The van der Waals surface area contributed by atoms with Crippen LogP contribution in [0.4, 0.5) is 4.39 Å². The highest BCUT2D eigenvalue weighted by atomic mass is 35.5. The molecule has 6 heteroatoms. The van der Waals surface area contributed by atoms with Crippen LogP contribution >= 0.6 is 11.6 Å². The predicted octanol–water partition coefficient (Wildman–Crippen LogP) is 1.95. The van der Waals surface area contributed by atoms with Gasteiger partial charge in [0.15, 0.2) is 0 Å². The molecule has 1 unspecified atom stereocenters. The van der Waals surface area contributed by atoms with Gasteiger partial charge in [0.25, 0.3) is 0 Å². The van der Waals surface area contributed by atoms with Gasteiger partial charge < -0.3 is 5.11 Å². The average molecular weight is 267 g/mol. The fourth-order valence-corrected chi connectivity index (χ4v) is 2.09. The Morgan fingerprint density at radius 3 is 2.69 bits per heavy atom. The maximum Gasteiger partial charge on any atom is 0.147 e. The number of aliphatic hydroxyl groups is 1. The van der Waals surface area contributed by atoms with Crippen molar-refractivity contribution in [2.24, 2.45) is 0 Å². The second-order valence-electron chi connectivity index (χ2n) is 3.58.